The normalized spacial score (nSPS) is 27.3. The van der Waals surface area contributed by atoms with Crippen LogP contribution in [0.1, 0.15) is 34.1 Å². The lowest BCUT2D eigenvalue weighted by Crippen LogP contribution is -2.48. The van der Waals surface area contributed by atoms with Crippen molar-refractivity contribution < 1.29 is 9.59 Å². The van der Waals surface area contributed by atoms with Gasteiger partial charge in [-0.25, -0.2) is 0 Å². The highest BCUT2D eigenvalue weighted by atomic mass is 16.2. The highest BCUT2D eigenvalue weighted by Crippen LogP contribution is 2.26. The molecule has 1 heterocycles. The van der Waals surface area contributed by atoms with Gasteiger partial charge in [0.15, 0.2) is 0 Å². The standard InChI is InChI=1S/C10H18N2O2/c1-9(2,3)12-8(14)10(4)5-7(13)11-6-10/h5-6H2,1-4H3,(H,11,13)(H,12,14). The van der Waals surface area contributed by atoms with Crippen LogP contribution in [0.15, 0.2) is 0 Å². The predicted molar refractivity (Wildman–Crippen MR) is 53.6 cm³/mol. The molecular weight excluding hydrogens is 180 g/mol. The fourth-order valence-corrected chi connectivity index (χ4v) is 1.43. The van der Waals surface area contributed by atoms with E-state index < -0.39 is 5.41 Å². The minimum atomic E-state index is -0.579. The van der Waals surface area contributed by atoms with Crippen LogP contribution in [0.25, 0.3) is 0 Å². The van der Waals surface area contributed by atoms with Crippen molar-refractivity contribution >= 4 is 11.8 Å². The van der Waals surface area contributed by atoms with E-state index in [1.54, 1.807) is 0 Å². The average Bonchev–Trinajstić information content (AvgIpc) is 2.29. The summed E-state index contributed by atoms with van der Waals surface area (Å²) in [5.74, 6) is -0.0973. The molecule has 0 aliphatic carbocycles. The maximum atomic E-state index is 11.8. The first-order valence-corrected chi connectivity index (χ1v) is 4.82. The van der Waals surface area contributed by atoms with Gasteiger partial charge >= 0.3 is 0 Å². The van der Waals surface area contributed by atoms with Gasteiger partial charge < -0.3 is 10.6 Å². The summed E-state index contributed by atoms with van der Waals surface area (Å²) in [4.78, 5) is 22.9. The number of carbonyl (C=O) groups is 2. The Balaban J connectivity index is 2.65. The minimum Gasteiger partial charge on any atom is -0.355 e. The number of hydrogen-bond donors (Lipinski definition) is 2. The van der Waals surface area contributed by atoms with Crippen LogP contribution in [0.4, 0.5) is 0 Å². The van der Waals surface area contributed by atoms with Gasteiger partial charge in [0.2, 0.25) is 11.8 Å². The molecule has 2 amide bonds. The minimum absolute atomic E-state index is 0.0449. The van der Waals surface area contributed by atoms with Crippen LogP contribution in [-0.2, 0) is 9.59 Å². The van der Waals surface area contributed by atoms with Gasteiger partial charge in [0.05, 0.1) is 5.41 Å². The molecule has 0 bridgehead atoms. The van der Waals surface area contributed by atoms with Gasteiger partial charge in [0, 0.05) is 18.5 Å². The summed E-state index contributed by atoms with van der Waals surface area (Å²) in [6.45, 7) is 8.04. The van der Waals surface area contributed by atoms with E-state index >= 15 is 0 Å². The Bertz CT molecular complexity index is 268. The average molecular weight is 198 g/mol. The fraction of sp³-hybridized carbons (Fsp3) is 0.800. The predicted octanol–water partition coefficient (Wildman–Crippen LogP) is 0.427. The number of rotatable bonds is 1. The molecule has 4 heteroatoms. The molecule has 0 spiro atoms. The van der Waals surface area contributed by atoms with E-state index in [-0.39, 0.29) is 23.8 Å². The Morgan fingerprint density at radius 3 is 2.43 bits per heavy atom. The lowest BCUT2D eigenvalue weighted by Gasteiger charge is -2.27. The van der Waals surface area contributed by atoms with E-state index in [2.05, 4.69) is 10.6 Å². The van der Waals surface area contributed by atoms with Crippen LogP contribution in [0, 0.1) is 5.41 Å². The third-order valence-corrected chi connectivity index (χ3v) is 2.26. The van der Waals surface area contributed by atoms with E-state index in [0.29, 0.717) is 6.54 Å². The Labute approximate surface area is 84.4 Å². The summed E-state index contributed by atoms with van der Waals surface area (Å²) in [5, 5.41) is 5.57. The molecule has 1 rings (SSSR count). The van der Waals surface area contributed by atoms with E-state index in [9.17, 15) is 9.59 Å². The molecule has 14 heavy (non-hydrogen) atoms. The van der Waals surface area contributed by atoms with Gasteiger partial charge in [-0.3, -0.25) is 9.59 Å². The van der Waals surface area contributed by atoms with Crippen molar-refractivity contribution in [3.63, 3.8) is 0 Å². The second-order valence-corrected chi connectivity index (χ2v) is 5.22. The molecular formula is C10H18N2O2. The topological polar surface area (TPSA) is 58.2 Å². The van der Waals surface area contributed by atoms with E-state index in [0.717, 1.165) is 0 Å². The molecule has 0 aromatic heterocycles. The lowest BCUT2D eigenvalue weighted by molar-refractivity contribution is -0.132. The Morgan fingerprint density at radius 1 is 1.50 bits per heavy atom. The van der Waals surface area contributed by atoms with Gasteiger partial charge in [0.1, 0.15) is 0 Å². The van der Waals surface area contributed by atoms with Crippen LogP contribution in [-0.4, -0.2) is 23.9 Å². The largest absolute Gasteiger partial charge is 0.355 e. The Kier molecular flexibility index (Phi) is 2.56. The third-order valence-electron chi connectivity index (χ3n) is 2.26. The van der Waals surface area contributed by atoms with Crippen molar-refractivity contribution in [1.82, 2.24) is 10.6 Å². The Hall–Kier alpha value is -1.06. The molecule has 0 aromatic carbocycles. The molecule has 1 aliphatic rings. The quantitative estimate of drug-likeness (QED) is 0.642. The van der Waals surface area contributed by atoms with E-state index in [1.165, 1.54) is 0 Å². The molecule has 80 valence electrons. The third kappa shape index (κ3) is 2.47. The second kappa shape index (κ2) is 3.26. The zero-order valence-electron chi connectivity index (χ0n) is 9.23. The van der Waals surface area contributed by atoms with Gasteiger partial charge in [0.25, 0.3) is 0 Å². The number of hydrogen-bond acceptors (Lipinski definition) is 2. The molecule has 0 radical (unpaired) electrons. The van der Waals surface area contributed by atoms with Crippen molar-refractivity contribution in [2.24, 2.45) is 5.41 Å². The molecule has 4 nitrogen and oxygen atoms in total. The van der Waals surface area contributed by atoms with Crippen molar-refractivity contribution in [2.75, 3.05) is 6.54 Å². The van der Waals surface area contributed by atoms with Gasteiger partial charge in [-0.1, -0.05) is 0 Å². The van der Waals surface area contributed by atoms with Crippen molar-refractivity contribution in [2.45, 2.75) is 39.7 Å². The first kappa shape index (κ1) is 11.0. The summed E-state index contributed by atoms with van der Waals surface area (Å²) in [7, 11) is 0. The monoisotopic (exact) mass is 198 g/mol. The molecule has 1 saturated heterocycles. The lowest BCUT2D eigenvalue weighted by atomic mass is 9.87. The highest BCUT2D eigenvalue weighted by Gasteiger charge is 2.41. The highest BCUT2D eigenvalue weighted by molar-refractivity contribution is 5.92. The molecule has 2 N–H and O–H groups in total. The molecule has 1 fully saturated rings. The van der Waals surface area contributed by atoms with Gasteiger partial charge in [-0.05, 0) is 27.7 Å². The van der Waals surface area contributed by atoms with Crippen molar-refractivity contribution in [3.8, 4) is 0 Å². The van der Waals surface area contributed by atoms with Crippen LogP contribution in [0.3, 0.4) is 0 Å². The maximum Gasteiger partial charge on any atom is 0.228 e. The maximum absolute atomic E-state index is 11.8. The van der Waals surface area contributed by atoms with Gasteiger partial charge in [-0.2, -0.15) is 0 Å². The number of carbonyl (C=O) groups excluding carboxylic acids is 2. The molecule has 0 saturated carbocycles. The zero-order valence-corrected chi connectivity index (χ0v) is 9.23. The van der Waals surface area contributed by atoms with E-state index in [4.69, 9.17) is 0 Å². The summed E-state index contributed by atoms with van der Waals surface area (Å²) in [5.41, 5.74) is -0.823. The van der Waals surface area contributed by atoms with Crippen molar-refractivity contribution in [3.05, 3.63) is 0 Å². The number of amides is 2. The summed E-state index contributed by atoms with van der Waals surface area (Å²) >= 11 is 0. The zero-order chi connectivity index (χ0) is 11.0. The molecule has 1 atom stereocenters. The summed E-state index contributed by atoms with van der Waals surface area (Å²) < 4.78 is 0. The van der Waals surface area contributed by atoms with Gasteiger partial charge in [-0.15, -0.1) is 0 Å². The SMILES string of the molecule is CC(C)(C)NC(=O)C1(C)CNC(=O)C1. The smallest absolute Gasteiger partial charge is 0.228 e. The molecule has 1 aliphatic heterocycles. The van der Waals surface area contributed by atoms with Crippen LogP contribution >= 0.6 is 0 Å². The molecule has 1 unspecified atom stereocenters. The molecule has 0 aromatic rings. The second-order valence-electron chi connectivity index (χ2n) is 5.22. The van der Waals surface area contributed by atoms with E-state index in [1.807, 2.05) is 27.7 Å². The van der Waals surface area contributed by atoms with Crippen LogP contribution < -0.4 is 10.6 Å². The number of nitrogens with one attached hydrogen (secondary N) is 2. The van der Waals surface area contributed by atoms with Crippen molar-refractivity contribution in [1.29, 1.82) is 0 Å². The summed E-state index contributed by atoms with van der Waals surface area (Å²) in [6, 6.07) is 0. The first-order valence-electron chi connectivity index (χ1n) is 4.82. The van der Waals surface area contributed by atoms with Crippen LogP contribution in [0.2, 0.25) is 0 Å². The van der Waals surface area contributed by atoms with Crippen LogP contribution in [0.5, 0.6) is 0 Å². The summed E-state index contributed by atoms with van der Waals surface area (Å²) in [6.07, 6.45) is 0.287. The fourth-order valence-electron chi connectivity index (χ4n) is 1.43. The Morgan fingerprint density at radius 2 is 2.07 bits per heavy atom. The first-order chi connectivity index (χ1) is 6.23.